The monoisotopic (exact) mass is 322 g/mol. The molecule has 1 aliphatic heterocycles. The fraction of sp³-hybridized carbons (Fsp3) is 0.211. The second-order valence-corrected chi connectivity index (χ2v) is 6.84. The highest BCUT2D eigenvalue weighted by molar-refractivity contribution is 7.10. The molecule has 2 heterocycles. The molecule has 0 radical (unpaired) electrons. The molecule has 3 nitrogen and oxygen atoms in total. The highest BCUT2D eigenvalue weighted by Crippen LogP contribution is 2.37. The van der Waals surface area contributed by atoms with Crippen molar-refractivity contribution in [2.75, 3.05) is 4.90 Å². The number of nitrogens with zero attached hydrogens (tertiary/aromatic N) is 1. The first-order chi connectivity index (χ1) is 11.2. The van der Waals surface area contributed by atoms with Crippen molar-refractivity contribution in [3.8, 4) is 0 Å². The molecule has 1 aromatic heterocycles. The molecule has 1 amide bonds. The maximum absolute atomic E-state index is 13.1. The first-order valence-corrected chi connectivity index (χ1v) is 8.73. The van der Waals surface area contributed by atoms with Crippen LogP contribution in [0.15, 0.2) is 65.2 Å². The summed E-state index contributed by atoms with van der Waals surface area (Å²) in [4.78, 5) is 16.2. The summed E-state index contributed by atoms with van der Waals surface area (Å²) in [5, 5.41) is 5.70. The van der Waals surface area contributed by atoms with E-state index in [1.54, 1.807) is 11.3 Å². The molecular formula is C19H18N2OS. The van der Waals surface area contributed by atoms with E-state index in [4.69, 9.17) is 0 Å². The molecule has 1 fully saturated rings. The van der Waals surface area contributed by atoms with Crippen molar-refractivity contribution in [3.05, 3.63) is 75.6 Å². The lowest BCUT2D eigenvalue weighted by molar-refractivity contribution is -0.116. The average Bonchev–Trinajstić information content (AvgIpc) is 3.02. The van der Waals surface area contributed by atoms with Gasteiger partial charge in [-0.05, 0) is 48.9 Å². The molecule has 116 valence electrons. The molecule has 1 atom stereocenters. The van der Waals surface area contributed by atoms with E-state index in [2.05, 4.69) is 35.8 Å². The summed E-state index contributed by atoms with van der Waals surface area (Å²) in [5.74, 6) is 0.0805. The first kappa shape index (κ1) is 14.3. The summed E-state index contributed by atoms with van der Waals surface area (Å²) < 4.78 is 0. The second-order valence-electron chi connectivity index (χ2n) is 5.90. The van der Waals surface area contributed by atoms with Gasteiger partial charge in [0.05, 0.1) is 5.57 Å². The van der Waals surface area contributed by atoms with Gasteiger partial charge < -0.3 is 5.32 Å². The van der Waals surface area contributed by atoms with Crippen LogP contribution in [0, 0.1) is 6.92 Å². The number of allylic oxidation sites excluding steroid dienone is 2. The Bertz CT molecular complexity index is 804. The Morgan fingerprint density at radius 1 is 1.17 bits per heavy atom. The quantitative estimate of drug-likeness (QED) is 0.894. The van der Waals surface area contributed by atoms with Gasteiger partial charge in [0.2, 0.25) is 0 Å². The molecule has 1 aliphatic carbocycles. The smallest absolute Gasteiger partial charge is 0.262 e. The van der Waals surface area contributed by atoms with E-state index in [1.165, 1.54) is 5.56 Å². The molecule has 1 saturated heterocycles. The van der Waals surface area contributed by atoms with Gasteiger partial charge in [-0.1, -0.05) is 30.4 Å². The van der Waals surface area contributed by atoms with Crippen LogP contribution in [0.4, 0.5) is 5.69 Å². The van der Waals surface area contributed by atoms with Crippen molar-refractivity contribution in [1.29, 1.82) is 0 Å². The third-order valence-electron chi connectivity index (χ3n) is 4.21. The number of rotatable bonds is 2. The topological polar surface area (TPSA) is 32.3 Å². The largest absolute Gasteiger partial charge is 0.360 e. The lowest BCUT2D eigenvalue weighted by Gasteiger charge is -2.39. The number of benzene rings is 1. The van der Waals surface area contributed by atoms with Crippen molar-refractivity contribution in [2.24, 2.45) is 0 Å². The predicted molar refractivity (Wildman–Crippen MR) is 94.3 cm³/mol. The number of fused-ring (bicyclic) bond motifs is 1. The number of anilines is 1. The van der Waals surface area contributed by atoms with Gasteiger partial charge in [0.15, 0.2) is 0 Å². The van der Waals surface area contributed by atoms with Gasteiger partial charge in [0, 0.05) is 16.3 Å². The summed E-state index contributed by atoms with van der Waals surface area (Å²) in [6.45, 7) is 2.09. The molecular weight excluding hydrogens is 304 g/mol. The SMILES string of the molecule is Cc1csc(C2NC3=CCCC=C3C(=O)N2c2ccccc2)c1. The van der Waals surface area contributed by atoms with E-state index in [0.29, 0.717) is 0 Å². The number of carbonyl (C=O) groups excluding carboxylic acids is 1. The van der Waals surface area contributed by atoms with Crippen molar-refractivity contribution in [3.63, 3.8) is 0 Å². The first-order valence-electron chi connectivity index (χ1n) is 7.85. The zero-order chi connectivity index (χ0) is 15.8. The number of amides is 1. The van der Waals surface area contributed by atoms with Crippen molar-refractivity contribution >= 4 is 22.9 Å². The van der Waals surface area contributed by atoms with Crippen LogP contribution in [0.5, 0.6) is 0 Å². The van der Waals surface area contributed by atoms with Crippen molar-refractivity contribution in [2.45, 2.75) is 25.9 Å². The number of para-hydroxylation sites is 1. The van der Waals surface area contributed by atoms with Gasteiger partial charge in [0.25, 0.3) is 5.91 Å². The molecule has 1 aromatic carbocycles. The maximum atomic E-state index is 13.1. The minimum atomic E-state index is -0.148. The average molecular weight is 322 g/mol. The molecule has 4 heteroatoms. The molecule has 23 heavy (non-hydrogen) atoms. The van der Waals surface area contributed by atoms with Crippen molar-refractivity contribution < 1.29 is 4.79 Å². The third kappa shape index (κ3) is 2.49. The molecule has 1 unspecified atom stereocenters. The predicted octanol–water partition coefficient (Wildman–Crippen LogP) is 4.30. The van der Waals surface area contributed by atoms with E-state index >= 15 is 0 Å². The molecule has 4 rings (SSSR count). The highest BCUT2D eigenvalue weighted by Gasteiger charge is 2.37. The summed E-state index contributed by atoms with van der Waals surface area (Å²) in [6.07, 6.45) is 5.96. The number of carbonyl (C=O) groups is 1. The van der Waals surface area contributed by atoms with Gasteiger partial charge in [-0.15, -0.1) is 11.3 Å². The fourth-order valence-electron chi connectivity index (χ4n) is 3.12. The zero-order valence-corrected chi connectivity index (χ0v) is 13.8. The van der Waals surface area contributed by atoms with E-state index in [0.717, 1.165) is 34.7 Å². The molecule has 0 bridgehead atoms. The van der Waals surface area contributed by atoms with Crippen LogP contribution in [0.1, 0.15) is 29.4 Å². The van der Waals surface area contributed by atoms with Crippen LogP contribution in [0.2, 0.25) is 0 Å². The Balaban J connectivity index is 1.82. The molecule has 1 N–H and O–H groups in total. The number of thiophene rings is 1. The van der Waals surface area contributed by atoms with Crippen LogP contribution < -0.4 is 10.2 Å². The third-order valence-corrected chi connectivity index (χ3v) is 5.31. The number of nitrogens with one attached hydrogen (secondary N) is 1. The van der Waals surface area contributed by atoms with Gasteiger partial charge in [-0.2, -0.15) is 0 Å². The number of aryl methyl sites for hydroxylation is 1. The minimum absolute atomic E-state index is 0.0805. The fourth-order valence-corrected chi connectivity index (χ4v) is 4.06. The molecule has 0 spiro atoms. The minimum Gasteiger partial charge on any atom is -0.360 e. The van der Waals surface area contributed by atoms with E-state index in [1.807, 2.05) is 35.2 Å². The second kappa shape index (κ2) is 5.70. The van der Waals surface area contributed by atoms with Crippen LogP contribution in [0.3, 0.4) is 0 Å². The van der Waals surface area contributed by atoms with Crippen LogP contribution in [0.25, 0.3) is 0 Å². The Morgan fingerprint density at radius 3 is 2.70 bits per heavy atom. The summed E-state index contributed by atoms with van der Waals surface area (Å²) in [5.41, 5.74) is 3.92. The normalized spacial score (nSPS) is 20.5. The summed E-state index contributed by atoms with van der Waals surface area (Å²) in [6, 6.07) is 12.1. The highest BCUT2D eigenvalue weighted by atomic mass is 32.1. The lowest BCUT2D eigenvalue weighted by atomic mass is 9.98. The van der Waals surface area contributed by atoms with Gasteiger partial charge in [-0.25, -0.2) is 0 Å². The summed E-state index contributed by atoms with van der Waals surface area (Å²) in [7, 11) is 0. The van der Waals surface area contributed by atoms with E-state index in [-0.39, 0.29) is 12.1 Å². The van der Waals surface area contributed by atoms with Crippen LogP contribution in [-0.4, -0.2) is 5.91 Å². The maximum Gasteiger partial charge on any atom is 0.262 e. The van der Waals surface area contributed by atoms with Gasteiger partial charge in [-0.3, -0.25) is 9.69 Å². The lowest BCUT2D eigenvalue weighted by Crippen LogP contribution is -2.49. The number of hydrogen-bond acceptors (Lipinski definition) is 3. The zero-order valence-electron chi connectivity index (χ0n) is 13.0. The van der Waals surface area contributed by atoms with Crippen LogP contribution in [-0.2, 0) is 4.79 Å². The van der Waals surface area contributed by atoms with E-state index < -0.39 is 0 Å². The van der Waals surface area contributed by atoms with Gasteiger partial charge >= 0.3 is 0 Å². The number of hydrogen-bond donors (Lipinski definition) is 1. The Hall–Kier alpha value is -2.33. The standard InChI is InChI=1S/C19H18N2OS/c1-13-11-17(23-12-13)18-20-16-10-6-5-9-15(16)19(22)21(18)14-7-3-2-4-8-14/h2-4,7-12,18,20H,5-6H2,1H3. The molecule has 2 aromatic rings. The summed E-state index contributed by atoms with van der Waals surface area (Å²) >= 11 is 1.69. The molecule has 2 aliphatic rings. The van der Waals surface area contributed by atoms with Gasteiger partial charge in [0.1, 0.15) is 6.17 Å². The Morgan fingerprint density at radius 2 is 1.96 bits per heavy atom. The van der Waals surface area contributed by atoms with Crippen LogP contribution >= 0.6 is 11.3 Å². The Labute approximate surface area is 139 Å². The molecule has 0 saturated carbocycles. The Kier molecular flexibility index (Phi) is 3.54. The van der Waals surface area contributed by atoms with E-state index in [9.17, 15) is 4.79 Å². The van der Waals surface area contributed by atoms with Crippen molar-refractivity contribution in [1.82, 2.24) is 5.32 Å².